The summed E-state index contributed by atoms with van der Waals surface area (Å²) < 4.78 is 27.7. The first-order valence-electron chi connectivity index (χ1n) is 13.7. The number of ether oxygens (including phenoxy) is 5. The van der Waals surface area contributed by atoms with Crippen molar-refractivity contribution in [3.63, 3.8) is 0 Å². The lowest BCUT2D eigenvalue weighted by molar-refractivity contribution is -0.160. The molecule has 11 heteroatoms. The molecule has 0 N–H and O–H groups in total. The number of esters is 1. The van der Waals surface area contributed by atoms with E-state index in [4.69, 9.17) is 33.7 Å². The van der Waals surface area contributed by atoms with Crippen LogP contribution in [0.3, 0.4) is 0 Å². The van der Waals surface area contributed by atoms with Gasteiger partial charge in [0.15, 0.2) is 0 Å². The number of rotatable bonds is 9. The summed E-state index contributed by atoms with van der Waals surface area (Å²) in [6.07, 6.45) is 2.08. The Morgan fingerprint density at radius 1 is 0.974 bits per heavy atom. The van der Waals surface area contributed by atoms with Crippen molar-refractivity contribution in [1.82, 2.24) is 9.97 Å². The molecule has 0 aliphatic carbocycles. The van der Waals surface area contributed by atoms with Crippen molar-refractivity contribution in [3.05, 3.63) is 23.8 Å². The van der Waals surface area contributed by atoms with Crippen LogP contribution >= 0.6 is 0 Å². The topological polar surface area (TPSA) is 98.7 Å². The first-order valence-corrected chi connectivity index (χ1v) is 13.7. The van der Waals surface area contributed by atoms with Gasteiger partial charge < -0.3 is 38.4 Å². The number of carbonyl (C=O) groups is 1. The normalized spacial score (nSPS) is 18.4. The van der Waals surface area contributed by atoms with Crippen LogP contribution in [0.5, 0.6) is 17.4 Å². The molecule has 0 saturated carbocycles. The fraction of sp³-hybridized carbons (Fsp3) is 0.607. The SMILES string of the molecule is CCOC(=O)C1(COC)CCN(c2nc(N3CCN(c4ccc(OC)cc4OC)CC3)nc3c2CCO3)CC1. The van der Waals surface area contributed by atoms with Gasteiger partial charge in [-0.15, -0.1) is 0 Å². The quantitative estimate of drug-likeness (QED) is 0.438. The van der Waals surface area contributed by atoms with Crippen LogP contribution in [0.25, 0.3) is 0 Å². The Morgan fingerprint density at radius 2 is 1.72 bits per heavy atom. The van der Waals surface area contributed by atoms with E-state index in [0.29, 0.717) is 57.6 Å². The Kier molecular flexibility index (Phi) is 8.15. The molecule has 1 aromatic carbocycles. The van der Waals surface area contributed by atoms with E-state index in [9.17, 15) is 4.79 Å². The van der Waals surface area contributed by atoms with Crippen LogP contribution in [0, 0.1) is 5.41 Å². The van der Waals surface area contributed by atoms with Crippen LogP contribution in [0.15, 0.2) is 18.2 Å². The van der Waals surface area contributed by atoms with Gasteiger partial charge in [0.25, 0.3) is 0 Å². The van der Waals surface area contributed by atoms with E-state index < -0.39 is 5.41 Å². The fourth-order valence-corrected chi connectivity index (χ4v) is 5.74. The number of benzene rings is 1. The number of fused-ring (bicyclic) bond motifs is 1. The zero-order chi connectivity index (χ0) is 27.4. The van der Waals surface area contributed by atoms with Crippen LogP contribution in [0.1, 0.15) is 25.3 Å². The molecule has 4 heterocycles. The predicted octanol–water partition coefficient (Wildman–Crippen LogP) is 2.55. The zero-order valence-corrected chi connectivity index (χ0v) is 23.4. The van der Waals surface area contributed by atoms with E-state index >= 15 is 0 Å². The Hall–Kier alpha value is -3.47. The number of nitrogens with zero attached hydrogens (tertiary/aromatic N) is 5. The molecule has 11 nitrogen and oxygen atoms in total. The van der Waals surface area contributed by atoms with E-state index in [1.54, 1.807) is 21.3 Å². The molecule has 212 valence electrons. The van der Waals surface area contributed by atoms with Gasteiger partial charge in [0.1, 0.15) is 17.3 Å². The predicted molar refractivity (Wildman–Crippen MR) is 148 cm³/mol. The van der Waals surface area contributed by atoms with Crippen LogP contribution < -0.4 is 28.9 Å². The van der Waals surface area contributed by atoms with Gasteiger partial charge in [0.05, 0.1) is 50.7 Å². The number of carbonyl (C=O) groups excluding carboxylic acids is 1. The Balaban J connectivity index is 1.31. The van der Waals surface area contributed by atoms with Crippen molar-refractivity contribution >= 4 is 23.4 Å². The third kappa shape index (κ3) is 5.36. The van der Waals surface area contributed by atoms with Gasteiger partial charge in [-0.3, -0.25) is 4.79 Å². The highest BCUT2D eigenvalue weighted by Crippen LogP contribution is 2.39. The first-order chi connectivity index (χ1) is 19.0. The van der Waals surface area contributed by atoms with E-state index in [-0.39, 0.29) is 5.97 Å². The van der Waals surface area contributed by atoms with Gasteiger partial charge in [0, 0.05) is 58.9 Å². The summed E-state index contributed by atoms with van der Waals surface area (Å²) in [5.74, 6) is 3.67. The maximum atomic E-state index is 12.8. The van der Waals surface area contributed by atoms with Crippen molar-refractivity contribution in [2.75, 3.05) is 95.1 Å². The number of piperidine rings is 1. The second-order valence-corrected chi connectivity index (χ2v) is 10.2. The molecule has 0 amide bonds. The molecule has 2 aromatic rings. The summed E-state index contributed by atoms with van der Waals surface area (Å²) in [6, 6.07) is 5.91. The molecule has 3 aliphatic rings. The average Bonchev–Trinajstić information content (AvgIpc) is 3.46. The molecule has 0 spiro atoms. The summed E-state index contributed by atoms with van der Waals surface area (Å²) in [4.78, 5) is 29.5. The minimum atomic E-state index is -0.615. The van der Waals surface area contributed by atoms with E-state index in [1.807, 2.05) is 25.1 Å². The molecule has 1 aromatic heterocycles. The van der Waals surface area contributed by atoms with E-state index in [2.05, 4.69) is 14.7 Å². The van der Waals surface area contributed by atoms with Crippen LogP contribution in [0.2, 0.25) is 0 Å². The molecule has 39 heavy (non-hydrogen) atoms. The molecule has 0 atom stereocenters. The molecular weight excluding hydrogens is 502 g/mol. The monoisotopic (exact) mass is 541 g/mol. The number of anilines is 3. The van der Waals surface area contributed by atoms with Crippen molar-refractivity contribution in [2.24, 2.45) is 5.41 Å². The third-order valence-corrected chi connectivity index (χ3v) is 7.97. The Labute approximate surface area is 229 Å². The third-order valence-electron chi connectivity index (χ3n) is 7.97. The minimum absolute atomic E-state index is 0.171. The highest BCUT2D eigenvalue weighted by Gasteiger charge is 2.44. The Bertz CT molecular complexity index is 1160. The molecule has 0 radical (unpaired) electrons. The van der Waals surface area contributed by atoms with Gasteiger partial charge in [0.2, 0.25) is 11.8 Å². The van der Waals surface area contributed by atoms with E-state index in [1.165, 1.54) is 0 Å². The van der Waals surface area contributed by atoms with Gasteiger partial charge in [-0.1, -0.05) is 0 Å². The second kappa shape index (κ2) is 11.7. The van der Waals surface area contributed by atoms with Gasteiger partial charge in [-0.25, -0.2) is 0 Å². The van der Waals surface area contributed by atoms with Crippen LogP contribution in [-0.2, 0) is 20.7 Å². The van der Waals surface area contributed by atoms with Crippen molar-refractivity contribution in [1.29, 1.82) is 0 Å². The highest BCUT2D eigenvalue weighted by molar-refractivity contribution is 5.77. The number of hydrogen-bond donors (Lipinski definition) is 0. The van der Waals surface area contributed by atoms with Gasteiger partial charge in [-0.05, 0) is 31.9 Å². The lowest BCUT2D eigenvalue weighted by Gasteiger charge is -2.40. The maximum Gasteiger partial charge on any atom is 0.314 e. The number of aromatic nitrogens is 2. The second-order valence-electron chi connectivity index (χ2n) is 10.2. The summed E-state index contributed by atoms with van der Waals surface area (Å²) >= 11 is 0. The Morgan fingerprint density at radius 3 is 2.38 bits per heavy atom. The van der Waals surface area contributed by atoms with Gasteiger partial charge >= 0.3 is 5.97 Å². The van der Waals surface area contributed by atoms with Gasteiger partial charge in [-0.2, -0.15) is 9.97 Å². The smallest absolute Gasteiger partial charge is 0.314 e. The molecule has 0 bridgehead atoms. The van der Waals surface area contributed by atoms with Crippen LogP contribution in [0.4, 0.5) is 17.5 Å². The van der Waals surface area contributed by atoms with Crippen molar-refractivity contribution < 1.29 is 28.5 Å². The highest BCUT2D eigenvalue weighted by atomic mass is 16.5. The lowest BCUT2D eigenvalue weighted by Crippen LogP contribution is -2.49. The summed E-state index contributed by atoms with van der Waals surface area (Å²) in [7, 11) is 4.97. The largest absolute Gasteiger partial charge is 0.497 e. The fourth-order valence-electron chi connectivity index (χ4n) is 5.74. The van der Waals surface area contributed by atoms with Crippen LogP contribution in [-0.4, -0.2) is 96.4 Å². The number of piperazine rings is 1. The molecule has 0 unspecified atom stereocenters. The molecule has 5 rings (SSSR count). The average molecular weight is 542 g/mol. The first kappa shape index (κ1) is 27.1. The summed E-state index contributed by atoms with van der Waals surface area (Å²) in [5.41, 5.74) is 1.48. The summed E-state index contributed by atoms with van der Waals surface area (Å²) in [6.45, 7) is 7.71. The molecule has 2 saturated heterocycles. The molecule has 2 fully saturated rings. The summed E-state index contributed by atoms with van der Waals surface area (Å²) in [5, 5.41) is 0. The minimum Gasteiger partial charge on any atom is -0.497 e. The lowest BCUT2D eigenvalue weighted by atomic mass is 9.79. The number of hydrogen-bond acceptors (Lipinski definition) is 11. The molecular formula is C28H39N5O6. The standard InChI is InChI=1S/C28H39N5O6/c1-5-38-26(34)28(19-35-2)9-11-32(12-10-28)24-21-8-17-39-25(21)30-27(29-24)33-15-13-31(14-16-33)22-7-6-20(36-3)18-23(22)37-4/h6-7,18H,5,8-17,19H2,1-4H3. The zero-order valence-electron chi connectivity index (χ0n) is 23.4. The van der Waals surface area contributed by atoms with Crippen molar-refractivity contribution in [3.8, 4) is 17.4 Å². The number of methoxy groups -OCH3 is 3. The maximum absolute atomic E-state index is 12.8. The van der Waals surface area contributed by atoms with Crippen molar-refractivity contribution in [2.45, 2.75) is 26.2 Å². The van der Waals surface area contributed by atoms with E-state index in [0.717, 1.165) is 61.2 Å². The molecule has 3 aliphatic heterocycles.